The van der Waals surface area contributed by atoms with Crippen LogP contribution in [0.4, 0.5) is 0 Å². The van der Waals surface area contributed by atoms with Crippen LogP contribution in [0.5, 0.6) is 0 Å². The Kier molecular flexibility index (Phi) is 3.40. The van der Waals surface area contributed by atoms with Gasteiger partial charge in [0.1, 0.15) is 0 Å². The molecule has 0 saturated carbocycles. The second kappa shape index (κ2) is 4.97. The van der Waals surface area contributed by atoms with Crippen LogP contribution < -0.4 is 5.73 Å². The average Bonchev–Trinajstić information content (AvgIpc) is 2.54. The summed E-state index contributed by atoms with van der Waals surface area (Å²) < 4.78 is 4.80. The van der Waals surface area contributed by atoms with Gasteiger partial charge >= 0.3 is 5.97 Å². The van der Waals surface area contributed by atoms with Gasteiger partial charge in [0.05, 0.1) is 12.7 Å². The van der Waals surface area contributed by atoms with Crippen molar-refractivity contribution in [1.82, 2.24) is 0 Å². The molecule has 0 unspecified atom stereocenters. The Morgan fingerprint density at radius 1 is 1.24 bits per heavy atom. The van der Waals surface area contributed by atoms with Crippen molar-refractivity contribution >= 4 is 5.97 Å². The van der Waals surface area contributed by atoms with Crippen LogP contribution in [0.15, 0.2) is 36.4 Å². The Hall–Kier alpha value is -1.87. The highest BCUT2D eigenvalue weighted by molar-refractivity contribution is 6.00. The average molecular weight is 229 g/mol. The first kappa shape index (κ1) is 11.6. The van der Waals surface area contributed by atoms with Crippen molar-refractivity contribution in [2.75, 3.05) is 13.7 Å². The summed E-state index contributed by atoms with van der Waals surface area (Å²) in [6, 6.07) is 11.6. The van der Waals surface area contributed by atoms with Crippen LogP contribution in [0.25, 0.3) is 11.1 Å². The lowest BCUT2D eigenvalue weighted by molar-refractivity contribution is 0.0602. The van der Waals surface area contributed by atoms with Gasteiger partial charge in [0.15, 0.2) is 0 Å². The molecule has 0 amide bonds. The zero-order chi connectivity index (χ0) is 12.3. The highest BCUT2D eigenvalue weighted by Crippen LogP contribution is 2.32. The van der Waals surface area contributed by atoms with Gasteiger partial charge in [0, 0.05) is 0 Å². The Bertz CT molecular complexity index is 508. The molecule has 0 bridgehead atoms. The molecule has 0 aromatic carbocycles. The lowest BCUT2D eigenvalue weighted by Gasteiger charge is -2.00. The standard InChI is InChI=1S/C14H15NO2/c1-17-14(16)13-9-10(7-8-15)11-5-3-2-4-6-12(11)13/h2-6,9H,7-8,15H2,1H3. The molecule has 0 heterocycles. The summed E-state index contributed by atoms with van der Waals surface area (Å²) in [6.07, 6.45) is 0.761. The molecule has 3 heteroatoms. The van der Waals surface area contributed by atoms with E-state index < -0.39 is 0 Å². The van der Waals surface area contributed by atoms with Crippen molar-refractivity contribution in [3.8, 4) is 11.1 Å². The monoisotopic (exact) mass is 229 g/mol. The molecule has 3 nitrogen and oxygen atoms in total. The van der Waals surface area contributed by atoms with Gasteiger partial charge < -0.3 is 10.5 Å². The molecule has 0 fully saturated rings. The fourth-order valence-electron chi connectivity index (χ4n) is 2.03. The van der Waals surface area contributed by atoms with Crippen molar-refractivity contribution in [1.29, 1.82) is 0 Å². The minimum absolute atomic E-state index is 0.301. The third-order valence-electron chi connectivity index (χ3n) is 2.81. The molecule has 2 rings (SSSR count). The molecular weight excluding hydrogens is 214 g/mol. The zero-order valence-electron chi connectivity index (χ0n) is 9.77. The van der Waals surface area contributed by atoms with Crippen molar-refractivity contribution < 1.29 is 9.53 Å². The molecule has 0 aromatic rings. The fourth-order valence-corrected chi connectivity index (χ4v) is 2.03. The Labute approximate surface area is 101 Å². The summed E-state index contributed by atoms with van der Waals surface area (Å²) in [6.45, 7) is 0.568. The van der Waals surface area contributed by atoms with E-state index >= 15 is 0 Å². The number of methoxy groups -OCH3 is 1. The number of rotatable bonds is 3. The van der Waals surface area contributed by atoms with Gasteiger partial charge in [-0.2, -0.15) is 0 Å². The van der Waals surface area contributed by atoms with Crippen molar-refractivity contribution in [2.24, 2.45) is 5.73 Å². The molecule has 17 heavy (non-hydrogen) atoms. The number of ether oxygens (including phenoxy) is 1. The van der Waals surface area contributed by atoms with Crippen LogP contribution >= 0.6 is 0 Å². The molecule has 0 aliphatic heterocycles. The van der Waals surface area contributed by atoms with Gasteiger partial charge in [-0.3, -0.25) is 0 Å². The number of carbonyl (C=O) groups excluding carboxylic acids is 1. The molecule has 0 atom stereocenters. The topological polar surface area (TPSA) is 52.3 Å². The van der Waals surface area contributed by atoms with E-state index in [0.29, 0.717) is 12.1 Å². The van der Waals surface area contributed by atoms with E-state index in [1.54, 1.807) is 0 Å². The fraction of sp³-hybridized carbons (Fsp3) is 0.214. The Morgan fingerprint density at radius 2 is 1.94 bits per heavy atom. The quantitative estimate of drug-likeness (QED) is 0.820. The maximum Gasteiger partial charge on any atom is 0.338 e. The lowest BCUT2D eigenvalue weighted by Crippen LogP contribution is -2.02. The molecule has 2 aliphatic carbocycles. The summed E-state index contributed by atoms with van der Waals surface area (Å²) in [5.74, 6) is -0.301. The molecule has 2 aliphatic rings. The number of esters is 1. The minimum Gasteiger partial charge on any atom is -0.465 e. The van der Waals surface area contributed by atoms with E-state index in [1.165, 1.54) is 7.11 Å². The van der Waals surface area contributed by atoms with Crippen molar-refractivity contribution in [3.63, 3.8) is 0 Å². The number of carbonyl (C=O) groups is 1. The maximum atomic E-state index is 11.7. The smallest absolute Gasteiger partial charge is 0.338 e. The highest BCUT2D eigenvalue weighted by Gasteiger charge is 2.19. The van der Waals surface area contributed by atoms with Gasteiger partial charge in [-0.1, -0.05) is 30.3 Å². The molecular formula is C14H15NO2. The summed E-state index contributed by atoms with van der Waals surface area (Å²) in [4.78, 5) is 11.7. The molecule has 2 N–H and O–H groups in total. The molecule has 0 spiro atoms. The SMILES string of the molecule is COC(=O)c1cc(CCN)c2cccccc1-2. The number of fused-ring (bicyclic) bond motifs is 1. The van der Waals surface area contributed by atoms with E-state index in [0.717, 1.165) is 23.1 Å². The highest BCUT2D eigenvalue weighted by atomic mass is 16.5. The third kappa shape index (κ3) is 2.15. The van der Waals surface area contributed by atoms with Crippen LogP contribution in [-0.2, 0) is 11.2 Å². The predicted molar refractivity (Wildman–Crippen MR) is 67.2 cm³/mol. The normalized spacial score (nSPS) is 10.5. The number of hydrogen-bond donors (Lipinski definition) is 1. The first-order valence-electron chi connectivity index (χ1n) is 5.57. The van der Waals surface area contributed by atoms with Gasteiger partial charge in [0.2, 0.25) is 0 Å². The minimum atomic E-state index is -0.301. The van der Waals surface area contributed by atoms with Crippen molar-refractivity contribution in [2.45, 2.75) is 6.42 Å². The molecule has 0 saturated heterocycles. The van der Waals surface area contributed by atoms with E-state index in [9.17, 15) is 4.79 Å². The van der Waals surface area contributed by atoms with Gasteiger partial charge in [-0.15, -0.1) is 0 Å². The lowest BCUT2D eigenvalue weighted by atomic mass is 10.1. The van der Waals surface area contributed by atoms with Crippen LogP contribution in [0.1, 0.15) is 15.9 Å². The summed E-state index contributed by atoms with van der Waals surface area (Å²) >= 11 is 0. The second-order valence-corrected chi connectivity index (χ2v) is 3.85. The summed E-state index contributed by atoms with van der Waals surface area (Å²) in [7, 11) is 1.40. The Morgan fingerprint density at radius 3 is 2.59 bits per heavy atom. The van der Waals surface area contributed by atoms with Crippen LogP contribution in [0.2, 0.25) is 0 Å². The zero-order valence-corrected chi connectivity index (χ0v) is 9.77. The third-order valence-corrected chi connectivity index (χ3v) is 2.81. The van der Waals surface area contributed by atoms with E-state index in [2.05, 4.69) is 0 Å². The largest absolute Gasteiger partial charge is 0.465 e. The van der Waals surface area contributed by atoms with E-state index in [1.807, 2.05) is 36.4 Å². The van der Waals surface area contributed by atoms with Crippen molar-refractivity contribution in [3.05, 3.63) is 47.5 Å². The van der Waals surface area contributed by atoms with Gasteiger partial charge in [-0.25, -0.2) is 4.79 Å². The van der Waals surface area contributed by atoms with Gasteiger partial charge in [0.25, 0.3) is 0 Å². The first-order valence-corrected chi connectivity index (χ1v) is 5.57. The van der Waals surface area contributed by atoms with Crippen LogP contribution in [0.3, 0.4) is 0 Å². The molecule has 0 aromatic heterocycles. The summed E-state index contributed by atoms with van der Waals surface area (Å²) in [5.41, 5.74) is 9.29. The molecule has 88 valence electrons. The molecule has 0 radical (unpaired) electrons. The number of nitrogens with two attached hydrogens (primary N) is 1. The first-order chi connectivity index (χ1) is 8.27. The predicted octanol–water partition coefficient (Wildman–Crippen LogP) is 2.08. The Balaban J connectivity index is 2.59. The number of hydrogen-bond acceptors (Lipinski definition) is 3. The maximum absolute atomic E-state index is 11.7. The van der Waals surface area contributed by atoms with E-state index in [4.69, 9.17) is 10.5 Å². The van der Waals surface area contributed by atoms with Crippen LogP contribution in [0, 0.1) is 0 Å². The van der Waals surface area contributed by atoms with Crippen LogP contribution in [-0.4, -0.2) is 19.6 Å². The van der Waals surface area contributed by atoms with E-state index in [-0.39, 0.29) is 5.97 Å². The summed E-state index contributed by atoms with van der Waals surface area (Å²) in [5, 5.41) is 0. The second-order valence-electron chi connectivity index (χ2n) is 3.85. The van der Waals surface area contributed by atoms with Gasteiger partial charge in [-0.05, 0) is 35.7 Å².